The van der Waals surface area contributed by atoms with E-state index in [2.05, 4.69) is 10.3 Å². The number of ether oxygens (including phenoxy) is 1. The quantitative estimate of drug-likeness (QED) is 0.642. The number of halogens is 3. The van der Waals surface area contributed by atoms with E-state index in [9.17, 15) is 18.0 Å². The first-order chi connectivity index (χ1) is 11.9. The van der Waals surface area contributed by atoms with Crippen LogP contribution in [0.1, 0.15) is 22.2 Å². The minimum atomic E-state index is -4.44. The van der Waals surface area contributed by atoms with E-state index in [1.165, 1.54) is 6.07 Å². The van der Waals surface area contributed by atoms with E-state index in [1.807, 2.05) is 0 Å². The largest absolute Gasteiger partial charge is 0.462 e. The van der Waals surface area contributed by atoms with Crippen LogP contribution < -0.4 is 5.32 Å². The summed E-state index contributed by atoms with van der Waals surface area (Å²) >= 11 is 0.969. The molecule has 25 heavy (non-hydrogen) atoms. The van der Waals surface area contributed by atoms with E-state index in [4.69, 9.17) is 4.74 Å². The maximum absolute atomic E-state index is 12.9. The number of carbonyl (C=O) groups excluding carboxylic acids is 1. The molecule has 0 fully saturated rings. The number of anilines is 2. The van der Waals surface area contributed by atoms with Crippen LogP contribution in [-0.2, 0) is 10.9 Å². The molecule has 0 unspecified atom stereocenters. The molecule has 0 amide bonds. The second kappa shape index (κ2) is 6.72. The third-order valence-corrected chi connectivity index (χ3v) is 4.56. The number of nitrogens with zero attached hydrogens (tertiary/aromatic N) is 1. The lowest BCUT2D eigenvalue weighted by molar-refractivity contribution is -0.137. The van der Waals surface area contributed by atoms with E-state index in [0.717, 1.165) is 23.5 Å². The first-order valence-corrected chi connectivity index (χ1v) is 8.19. The van der Waals surface area contributed by atoms with Crippen LogP contribution in [0.15, 0.2) is 42.7 Å². The van der Waals surface area contributed by atoms with Gasteiger partial charge in [-0.25, -0.2) is 4.79 Å². The molecule has 3 rings (SSSR count). The Morgan fingerprint density at radius 2 is 1.96 bits per heavy atom. The van der Waals surface area contributed by atoms with Crippen molar-refractivity contribution in [3.05, 3.63) is 53.2 Å². The van der Waals surface area contributed by atoms with E-state index in [0.29, 0.717) is 21.5 Å². The van der Waals surface area contributed by atoms with E-state index in [-0.39, 0.29) is 11.5 Å². The number of pyridine rings is 1. The smallest absolute Gasteiger partial charge is 0.416 e. The van der Waals surface area contributed by atoms with Crippen molar-refractivity contribution in [2.24, 2.45) is 0 Å². The molecule has 0 bridgehead atoms. The molecule has 4 nitrogen and oxygen atoms in total. The van der Waals surface area contributed by atoms with Crippen molar-refractivity contribution >= 4 is 38.8 Å². The lowest BCUT2D eigenvalue weighted by Gasteiger charge is -2.09. The summed E-state index contributed by atoms with van der Waals surface area (Å²) in [6.45, 7) is 1.85. The summed E-state index contributed by atoms with van der Waals surface area (Å²) in [6.07, 6.45) is -1.30. The molecular weight excluding hydrogens is 353 g/mol. The highest BCUT2D eigenvalue weighted by atomic mass is 32.1. The highest BCUT2D eigenvalue weighted by molar-refractivity contribution is 7.21. The molecule has 1 aromatic carbocycles. The fourth-order valence-electron chi connectivity index (χ4n) is 2.32. The van der Waals surface area contributed by atoms with Gasteiger partial charge in [0.1, 0.15) is 4.88 Å². The Morgan fingerprint density at radius 1 is 1.24 bits per heavy atom. The maximum Gasteiger partial charge on any atom is 0.416 e. The van der Waals surface area contributed by atoms with Crippen LogP contribution >= 0.6 is 11.3 Å². The average molecular weight is 366 g/mol. The number of thiophene rings is 1. The number of hydrogen-bond donors (Lipinski definition) is 1. The van der Waals surface area contributed by atoms with Crippen molar-refractivity contribution in [2.45, 2.75) is 13.1 Å². The minimum Gasteiger partial charge on any atom is -0.462 e. The van der Waals surface area contributed by atoms with Gasteiger partial charge in [-0.3, -0.25) is 4.98 Å². The molecule has 3 aromatic rings. The van der Waals surface area contributed by atoms with Crippen molar-refractivity contribution in [1.29, 1.82) is 0 Å². The molecule has 0 atom stereocenters. The van der Waals surface area contributed by atoms with E-state index >= 15 is 0 Å². The molecule has 2 heterocycles. The summed E-state index contributed by atoms with van der Waals surface area (Å²) in [5.74, 6) is -0.575. The second-order valence-corrected chi connectivity index (χ2v) is 6.15. The molecule has 2 aromatic heterocycles. The Bertz CT molecular complexity index is 907. The zero-order chi connectivity index (χ0) is 18.0. The summed E-state index contributed by atoms with van der Waals surface area (Å²) < 4.78 is 44.2. The van der Waals surface area contributed by atoms with Gasteiger partial charge in [0, 0.05) is 28.2 Å². The number of benzene rings is 1. The second-order valence-electron chi connectivity index (χ2n) is 5.10. The minimum absolute atomic E-state index is 0.176. The van der Waals surface area contributed by atoms with Crippen LogP contribution in [0.2, 0.25) is 0 Å². The molecule has 0 aliphatic rings. The molecule has 8 heteroatoms. The zero-order valence-corrected chi connectivity index (χ0v) is 13.9. The van der Waals surface area contributed by atoms with Gasteiger partial charge in [0.05, 0.1) is 17.9 Å². The van der Waals surface area contributed by atoms with Crippen molar-refractivity contribution < 1.29 is 22.7 Å². The average Bonchev–Trinajstić information content (AvgIpc) is 2.93. The molecule has 0 aliphatic heterocycles. The molecule has 130 valence electrons. The van der Waals surface area contributed by atoms with Gasteiger partial charge in [-0.1, -0.05) is 6.07 Å². The normalized spacial score (nSPS) is 11.5. The number of nitrogens with one attached hydrogen (secondary N) is 1. The van der Waals surface area contributed by atoms with Crippen LogP contribution in [-0.4, -0.2) is 17.6 Å². The molecule has 0 spiro atoms. The van der Waals surface area contributed by atoms with Crippen LogP contribution in [0.25, 0.3) is 10.1 Å². The Morgan fingerprint density at radius 3 is 2.60 bits per heavy atom. The van der Waals surface area contributed by atoms with Gasteiger partial charge in [0.2, 0.25) is 0 Å². The van der Waals surface area contributed by atoms with Crippen LogP contribution in [0.5, 0.6) is 0 Å². The summed E-state index contributed by atoms with van der Waals surface area (Å²) in [7, 11) is 0. The van der Waals surface area contributed by atoms with Gasteiger partial charge < -0.3 is 10.1 Å². The molecule has 1 N–H and O–H groups in total. The topological polar surface area (TPSA) is 51.2 Å². The fourth-order valence-corrected chi connectivity index (χ4v) is 3.41. The Kier molecular flexibility index (Phi) is 4.63. The van der Waals surface area contributed by atoms with Gasteiger partial charge in [-0.15, -0.1) is 11.3 Å². The van der Waals surface area contributed by atoms with Crippen LogP contribution in [0, 0.1) is 0 Å². The highest BCUT2D eigenvalue weighted by Gasteiger charge is 2.31. The SMILES string of the molecule is CCOC(=O)c1sc2cc(C(F)(F)F)ccc2c1Nc1ccncc1. The molecule has 0 saturated heterocycles. The number of rotatable bonds is 4. The zero-order valence-electron chi connectivity index (χ0n) is 13.1. The lowest BCUT2D eigenvalue weighted by atomic mass is 10.1. The molecular formula is C17H13F3N2O2S. The van der Waals surface area contributed by atoms with Crippen LogP contribution in [0.4, 0.5) is 24.5 Å². The lowest BCUT2D eigenvalue weighted by Crippen LogP contribution is -2.05. The van der Waals surface area contributed by atoms with E-state index in [1.54, 1.807) is 31.5 Å². The highest BCUT2D eigenvalue weighted by Crippen LogP contribution is 2.41. The Labute approximate surface area is 145 Å². The van der Waals surface area contributed by atoms with Crippen molar-refractivity contribution in [3.8, 4) is 0 Å². The molecule has 0 aliphatic carbocycles. The summed E-state index contributed by atoms with van der Waals surface area (Å²) in [4.78, 5) is 16.4. The number of esters is 1. The van der Waals surface area contributed by atoms with Crippen molar-refractivity contribution in [2.75, 3.05) is 11.9 Å². The fraction of sp³-hybridized carbons (Fsp3) is 0.176. The summed E-state index contributed by atoms with van der Waals surface area (Å²) in [5, 5.41) is 3.61. The first kappa shape index (κ1) is 17.2. The number of hydrogen-bond acceptors (Lipinski definition) is 5. The predicted molar refractivity (Wildman–Crippen MR) is 90.3 cm³/mol. The predicted octanol–water partition coefficient (Wildman–Crippen LogP) is 5.24. The van der Waals surface area contributed by atoms with Crippen LogP contribution in [0.3, 0.4) is 0 Å². The summed E-state index contributed by atoms with van der Waals surface area (Å²) in [5.41, 5.74) is 0.339. The standard InChI is InChI=1S/C17H13F3N2O2S/c1-2-24-16(23)15-14(22-11-5-7-21-8-6-11)12-4-3-10(17(18,19)20)9-13(12)25-15/h3-9H,2H2,1H3,(H,21,22). The summed E-state index contributed by atoms with van der Waals surface area (Å²) in [6, 6.07) is 6.80. The Hall–Kier alpha value is -2.61. The third kappa shape index (κ3) is 3.58. The molecule has 0 saturated carbocycles. The number of aromatic nitrogens is 1. The number of alkyl halides is 3. The van der Waals surface area contributed by atoms with Crippen molar-refractivity contribution in [3.63, 3.8) is 0 Å². The van der Waals surface area contributed by atoms with Gasteiger partial charge in [0.15, 0.2) is 0 Å². The van der Waals surface area contributed by atoms with Gasteiger partial charge in [-0.2, -0.15) is 13.2 Å². The van der Waals surface area contributed by atoms with Gasteiger partial charge in [-0.05, 0) is 31.2 Å². The number of carbonyl (C=O) groups is 1. The van der Waals surface area contributed by atoms with Crippen molar-refractivity contribution in [1.82, 2.24) is 4.98 Å². The van der Waals surface area contributed by atoms with E-state index < -0.39 is 17.7 Å². The maximum atomic E-state index is 12.9. The molecule has 0 radical (unpaired) electrons. The third-order valence-electron chi connectivity index (χ3n) is 3.43. The monoisotopic (exact) mass is 366 g/mol. The number of fused-ring (bicyclic) bond motifs is 1. The van der Waals surface area contributed by atoms with Gasteiger partial charge in [0.25, 0.3) is 0 Å². The Balaban J connectivity index is 2.13. The first-order valence-electron chi connectivity index (χ1n) is 7.38. The van der Waals surface area contributed by atoms with Gasteiger partial charge >= 0.3 is 12.1 Å².